The number of rotatable bonds is 2. The number of nitrogens with one attached hydrogen (secondary N) is 2. The molecular weight excluding hydrogens is 276 g/mol. The van der Waals surface area contributed by atoms with Crippen LogP contribution in [-0.4, -0.2) is 19.5 Å². The van der Waals surface area contributed by atoms with Gasteiger partial charge in [0.25, 0.3) is 5.56 Å². The van der Waals surface area contributed by atoms with Gasteiger partial charge in [-0.3, -0.25) is 14.3 Å². The molecule has 0 aliphatic rings. The van der Waals surface area contributed by atoms with Crippen LogP contribution in [0.15, 0.2) is 15.7 Å². The molecule has 3 heterocycles. The highest BCUT2D eigenvalue weighted by Gasteiger charge is 2.14. The van der Waals surface area contributed by atoms with Gasteiger partial charge >= 0.3 is 5.69 Å². The summed E-state index contributed by atoms with van der Waals surface area (Å²) in [6.07, 6.45) is 0. The number of hydrogen-bond acceptors (Lipinski definition) is 4. The Morgan fingerprint density at radius 1 is 1.30 bits per heavy atom. The van der Waals surface area contributed by atoms with Crippen molar-refractivity contribution in [2.75, 3.05) is 0 Å². The summed E-state index contributed by atoms with van der Waals surface area (Å²) in [6.45, 7) is 6.37. The minimum Gasteiger partial charge on any atom is -0.331 e. The van der Waals surface area contributed by atoms with Gasteiger partial charge in [0.1, 0.15) is 5.52 Å². The van der Waals surface area contributed by atoms with Gasteiger partial charge in [0.2, 0.25) is 0 Å². The molecule has 0 radical (unpaired) electrons. The van der Waals surface area contributed by atoms with E-state index in [9.17, 15) is 9.59 Å². The highest BCUT2D eigenvalue weighted by atomic mass is 32.1. The lowest BCUT2D eigenvalue weighted by Gasteiger charge is -1.99. The van der Waals surface area contributed by atoms with Crippen molar-refractivity contribution in [3.05, 3.63) is 37.3 Å². The first-order chi connectivity index (χ1) is 9.51. The molecule has 2 N–H and O–H groups in total. The van der Waals surface area contributed by atoms with Crippen LogP contribution in [0, 0.1) is 13.8 Å². The standard InChI is InChI=1S/C13H14N4O2S/c1-4-17-11-9(12(18)16-13(17)19)14-10(15-11)8-5-6(2)7(3)20-8/h5H,4H2,1-3H3,(H,14,15)(H,16,18,19). The summed E-state index contributed by atoms with van der Waals surface area (Å²) in [5.41, 5.74) is 1.07. The molecule has 0 aromatic carbocycles. The summed E-state index contributed by atoms with van der Waals surface area (Å²) in [5, 5.41) is 0. The quantitative estimate of drug-likeness (QED) is 0.754. The lowest BCUT2D eigenvalue weighted by Crippen LogP contribution is -2.29. The van der Waals surface area contributed by atoms with E-state index in [1.165, 1.54) is 15.0 Å². The molecule has 0 saturated heterocycles. The Balaban J connectivity index is 2.33. The van der Waals surface area contributed by atoms with Crippen molar-refractivity contribution in [3.8, 4) is 10.7 Å². The molecule has 0 amide bonds. The predicted molar refractivity (Wildman–Crippen MR) is 79.4 cm³/mol. The van der Waals surface area contributed by atoms with Crippen LogP contribution in [0.4, 0.5) is 0 Å². The van der Waals surface area contributed by atoms with Crippen molar-refractivity contribution in [2.24, 2.45) is 0 Å². The second-order valence-electron chi connectivity index (χ2n) is 4.64. The van der Waals surface area contributed by atoms with E-state index in [2.05, 4.69) is 15.0 Å². The number of aromatic nitrogens is 4. The van der Waals surface area contributed by atoms with Gasteiger partial charge in [-0.15, -0.1) is 11.3 Å². The molecule has 0 fully saturated rings. The van der Waals surface area contributed by atoms with Crippen LogP contribution in [0.5, 0.6) is 0 Å². The number of aryl methyl sites for hydroxylation is 3. The lowest BCUT2D eigenvalue weighted by molar-refractivity contribution is 0.720. The van der Waals surface area contributed by atoms with Crippen LogP contribution >= 0.6 is 11.3 Å². The summed E-state index contributed by atoms with van der Waals surface area (Å²) in [7, 11) is 0. The summed E-state index contributed by atoms with van der Waals surface area (Å²) in [4.78, 5) is 35.5. The van der Waals surface area contributed by atoms with Gasteiger partial charge in [-0.2, -0.15) is 0 Å². The summed E-state index contributed by atoms with van der Waals surface area (Å²) < 4.78 is 1.45. The molecule has 0 aliphatic carbocycles. The molecular formula is C13H14N4O2S. The predicted octanol–water partition coefficient (Wildman–Crippen LogP) is 1.78. The summed E-state index contributed by atoms with van der Waals surface area (Å²) in [5.74, 6) is 0.625. The third kappa shape index (κ3) is 1.82. The van der Waals surface area contributed by atoms with E-state index in [0.29, 0.717) is 23.5 Å². The molecule has 6 nitrogen and oxygen atoms in total. The summed E-state index contributed by atoms with van der Waals surface area (Å²) >= 11 is 1.61. The van der Waals surface area contributed by atoms with Crippen molar-refractivity contribution in [3.63, 3.8) is 0 Å². The third-order valence-corrected chi connectivity index (χ3v) is 4.51. The van der Waals surface area contributed by atoms with Gasteiger partial charge in [0, 0.05) is 11.4 Å². The van der Waals surface area contributed by atoms with Crippen molar-refractivity contribution < 1.29 is 0 Å². The van der Waals surface area contributed by atoms with Crippen molar-refractivity contribution >= 4 is 22.5 Å². The fourth-order valence-electron chi connectivity index (χ4n) is 2.14. The zero-order chi connectivity index (χ0) is 14.4. The van der Waals surface area contributed by atoms with Gasteiger partial charge in [-0.25, -0.2) is 9.78 Å². The maximum Gasteiger partial charge on any atom is 0.330 e. The topological polar surface area (TPSA) is 83.5 Å². The molecule has 0 aliphatic heterocycles. The van der Waals surface area contributed by atoms with E-state index in [1.807, 2.05) is 26.8 Å². The van der Waals surface area contributed by atoms with Crippen molar-refractivity contribution in [2.45, 2.75) is 27.3 Å². The normalized spacial score (nSPS) is 11.3. The van der Waals surface area contributed by atoms with Gasteiger partial charge in [-0.05, 0) is 32.4 Å². The minimum absolute atomic E-state index is 0.338. The number of nitrogens with zero attached hydrogens (tertiary/aromatic N) is 2. The average Bonchev–Trinajstić information content (AvgIpc) is 2.95. The van der Waals surface area contributed by atoms with Gasteiger partial charge in [0.15, 0.2) is 11.5 Å². The van der Waals surface area contributed by atoms with E-state index < -0.39 is 11.2 Å². The van der Waals surface area contributed by atoms with Crippen LogP contribution in [-0.2, 0) is 6.54 Å². The molecule has 0 spiro atoms. The fraction of sp³-hybridized carbons (Fsp3) is 0.308. The Bertz CT molecular complexity index is 893. The smallest absolute Gasteiger partial charge is 0.330 e. The SMILES string of the molecule is CCn1c(=O)[nH]c(=O)c2[nH]c(-c3cc(C)c(C)s3)nc21. The molecule has 20 heavy (non-hydrogen) atoms. The van der Waals surface area contributed by atoms with E-state index in [0.717, 1.165) is 4.88 Å². The first kappa shape index (κ1) is 12.9. The Morgan fingerprint density at radius 2 is 2.05 bits per heavy atom. The zero-order valence-corrected chi connectivity index (χ0v) is 12.2. The minimum atomic E-state index is -0.432. The van der Waals surface area contributed by atoms with Crippen LogP contribution in [0.25, 0.3) is 21.9 Å². The Kier molecular flexibility index (Phi) is 2.86. The Labute approximate surface area is 118 Å². The summed E-state index contributed by atoms with van der Waals surface area (Å²) in [6, 6.07) is 2.03. The van der Waals surface area contributed by atoms with Gasteiger partial charge < -0.3 is 4.98 Å². The molecule has 3 rings (SSSR count). The molecule has 0 saturated carbocycles. The number of aromatic amines is 2. The maximum absolute atomic E-state index is 11.8. The number of thiophene rings is 1. The van der Waals surface area contributed by atoms with Gasteiger partial charge in [-0.1, -0.05) is 0 Å². The molecule has 3 aromatic rings. The highest BCUT2D eigenvalue weighted by molar-refractivity contribution is 7.15. The molecule has 104 valence electrons. The fourth-order valence-corrected chi connectivity index (χ4v) is 3.12. The zero-order valence-electron chi connectivity index (χ0n) is 11.4. The first-order valence-corrected chi connectivity index (χ1v) is 7.13. The molecule has 3 aromatic heterocycles. The van der Waals surface area contributed by atoms with Crippen LogP contribution < -0.4 is 11.2 Å². The van der Waals surface area contributed by atoms with Crippen molar-refractivity contribution in [1.29, 1.82) is 0 Å². The highest BCUT2D eigenvalue weighted by Crippen LogP contribution is 2.29. The Morgan fingerprint density at radius 3 is 2.65 bits per heavy atom. The van der Waals surface area contributed by atoms with Crippen molar-refractivity contribution in [1.82, 2.24) is 19.5 Å². The monoisotopic (exact) mass is 290 g/mol. The molecule has 7 heteroatoms. The van der Waals surface area contributed by atoms with E-state index in [1.54, 1.807) is 11.3 Å². The first-order valence-electron chi connectivity index (χ1n) is 6.31. The van der Waals surface area contributed by atoms with E-state index >= 15 is 0 Å². The molecule has 0 bridgehead atoms. The lowest BCUT2D eigenvalue weighted by atomic mass is 10.3. The molecule has 0 unspecified atom stereocenters. The molecule has 0 atom stereocenters. The van der Waals surface area contributed by atoms with E-state index in [4.69, 9.17) is 0 Å². The third-order valence-electron chi connectivity index (χ3n) is 3.35. The average molecular weight is 290 g/mol. The number of imidazole rings is 1. The van der Waals surface area contributed by atoms with Crippen LogP contribution in [0.1, 0.15) is 17.4 Å². The second-order valence-corrected chi connectivity index (χ2v) is 5.89. The van der Waals surface area contributed by atoms with Crippen LogP contribution in [0.3, 0.4) is 0 Å². The van der Waals surface area contributed by atoms with Gasteiger partial charge in [0.05, 0.1) is 4.88 Å². The number of hydrogen-bond donors (Lipinski definition) is 2. The van der Waals surface area contributed by atoms with E-state index in [-0.39, 0.29) is 0 Å². The van der Waals surface area contributed by atoms with Crippen LogP contribution in [0.2, 0.25) is 0 Å². The second kappa shape index (κ2) is 4.45. The maximum atomic E-state index is 11.8. The largest absolute Gasteiger partial charge is 0.331 e. The Hall–Kier alpha value is -2.15. The number of fused-ring (bicyclic) bond motifs is 1. The number of H-pyrrole nitrogens is 2.